The van der Waals surface area contributed by atoms with E-state index < -0.39 is 16.1 Å². The second kappa shape index (κ2) is 10.5. The minimum absolute atomic E-state index is 0.0248. The summed E-state index contributed by atoms with van der Waals surface area (Å²) in [6, 6.07) is 13.4. The number of sulfonamides is 1. The first-order valence-electron chi connectivity index (χ1n) is 12.4. The van der Waals surface area contributed by atoms with Crippen LogP contribution in [0.3, 0.4) is 0 Å². The molecule has 0 spiro atoms. The Morgan fingerprint density at radius 2 is 1.71 bits per heavy atom. The van der Waals surface area contributed by atoms with E-state index in [0.29, 0.717) is 12.3 Å². The van der Waals surface area contributed by atoms with Crippen LogP contribution < -0.4 is 14.9 Å². The maximum atomic E-state index is 13.4. The molecule has 35 heavy (non-hydrogen) atoms. The van der Waals surface area contributed by atoms with Crippen molar-refractivity contribution in [3.8, 4) is 0 Å². The molecule has 0 aromatic heterocycles. The van der Waals surface area contributed by atoms with Gasteiger partial charge in [0.2, 0.25) is 21.8 Å². The maximum Gasteiger partial charge on any atom is 0.241 e. The fraction of sp³-hybridized carbons (Fsp3) is 0.481. The number of carbonyl (C=O) groups is 2. The van der Waals surface area contributed by atoms with Crippen LogP contribution in [0.1, 0.15) is 57.6 Å². The molecule has 188 valence electrons. The molecule has 0 bridgehead atoms. The molecule has 2 N–H and O–H groups in total. The third-order valence-corrected chi connectivity index (χ3v) is 8.64. The molecule has 1 aliphatic carbocycles. The number of nitrogens with one attached hydrogen (secondary N) is 2. The Balaban J connectivity index is 1.55. The molecule has 2 aliphatic rings. The fourth-order valence-corrected chi connectivity index (χ4v) is 6.50. The average Bonchev–Trinajstić information content (AvgIpc) is 3.15. The van der Waals surface area contributed by atoms with Crippen LogP contribution in [-0.2, 0) is 32.5 Å². The lowest BCUT2D eigenvalue weighted by atomic mass is 9.87. The van der Waals surface area contributed by atoms with Crippen molar-refractivity contribution in [2.24, 2.45) is 5.92 Å². The number of amides is 2. The molecule has 1 saturated carbocycles. The van der Waals surface area contributed by atoms with E-state index >= 15 is 0 Å². The summed E-state index contributed by atoms with van der Waals surface area (Å²) in [7, 11) is -3.97. The third kappa shape index (κ3) is 5.93. The first kappa shape index (κ1) is 25.4. The number of hydrogen-bond donors (Lipinski definition) is 2. The van der Waals surface area contributed by atoms with Gasteiger partial charge in [0.15, 0.2) is 0 Å². The zero-order valence-electron chi connectivity index (χ0n) is 20.7. The molecular weight excluding hydrogens is 462 g/mol. The predicted octanol–water partition coefficient (Wildman–Crippen LogP) is 3.57. The van der Waals surface area contributed by atoms with Crippen molar-refractivity contribution in [2.45, 2.75) is 82.3 Å². The highest BCUT2D eigenvalue weighted by atomic mass is 32.2. The Morgan fingerprint density at radius 3 is 2.37 bits per heavy atom. The van der Waals surface area contributed by atoms with Crippen LogP contribution in [0.2, 0.25) is 0 Å². The van der Waals surface area contributed by atoms with E-state index in [1.807, 2.05) is 37.3 Å². The van der Waals surface area contributed by atoms with E-state index in [0.717, 1.165) is 42.5 Å². The summed E-state index contributed by atoms with van der Waals surface area (Å²) in [6.45, 7) is 5.68. The van der Waals surface area contributed by atoms with Gasteiger partial charge in [0, 0.05) is 24.7 Å². The highest BCUT2D eigenvalue weighted by molar-refractivity contribution is 7.89. The summed E-state index contributed by atoms with van der Waals surface area (Å²) in [5, 5.41) is 3.09. The summed E-state index contributed by atoms with van der Waals surface area (Å²) in [4.78, 5) is 27.1. The van der Waals surface area contributed by atoms with Gasteiger partial charge in [-0.25, -0.2) is 8.42 Å². The SMILES string of the molecule is CC(=O)N1c2ccc(S(=O)(=O)N[C@@H](Cc3ccccc3)C(=O)NC3CCC(C)CC3)cc2C[C@@H]1C. The van der Waals surface area contributed by atoms with Gasteiger partial charge in [-0.3, -0.25) is 9.59 Å². The van der Waals surface area contributed by atoms with E-state index in [4.69, 9.17) is 0 Å². The summed E-state index contributed by atoms with van der Waals surface area (Å²) in [5.41, 5.74) is 2.44. The van der Waals surface area contributed by atoms with Gasteiger partial charge in [-0.05, 0) is 80.7 Å². The molecule has 0 radical (unpaired) electrons. The molecule has 2 aromatic carbocycles. The average molecular weight is 498 g/mol. The number of anilines is 1. The number of nitrogens with zero attached hydrogens (tertiary/aromatic N) is 1. The number of carbonyl (C=O) groups excluding carboxylic acids is 2. The summed E-state index contributed by atoms with van der Waals surface area (Å²) >= 11 is 0. The molecule has 7 nitrogen and oxygen atoms in total. The summed E-state index contributed by atoms with van der Waals surface area (Å²) < 4.78 is 29.5. The van der Waals surface area contributed by atoms with Gasteiger partial charge < -0.3 is 10.2 Å². The minimum Gasteiger partial charge on any atom is -0.352 e. The molecule has 0 saturated heterocycles. The lowest BCUT2D eigenvalue weighted by molar-refractivity contribution is -0.123. The Kier molecular flexibility index (Phi) is 7.62. The maximum absolute atomic E-state index is 13.4. The van der Waals surface area contributed by atoms with Gasteiger partial charge >= 0.3 is 0 Å². The van der Waals surface area contributed by atoms with Crippen LogP contribution in [0.4, 0.5) is 5.69 Å². The second-order valence-corrected chi connectivity index (χ2v) is 11.8. The van der Waals surface area contributed by atoms with Crippen LogP contribution in [0.5, 0.6) is 0 Å². The monoisotopic (exact) mass is 497 g/mol. The predicted molar refractivity (Wildman–Crippen MR) is 137 cm³/mol. The minimum atomic E-state index is -3.97. The van der Waals surface area contributed by atoms with Gasteiger partial charge in [-0.2, -0.15) is 4.72 Å². The molecule has 0 unspecified atom stereocenters. The number of hydrogen-bond acceptors (Lipinski definition) is 4. The molecule has 2 atom stereocenters. The highest BCUT2D eigenvalue weighted by Gasteiger charge is 2.32. The van der Waals surface area contributed by atoms with Crippen molar-refractivity contribution in [2.75, 3.05) is 4.90 Å². The standard InChI is InChI=1S/C27H35N3O4S/c1-18-9-11-23(12-10-18)28-27(32)25(16-21-7-5-4-6-8-21)29-35(33,34)24-13-14-26-22(17-24)15-19(2)30(26)20(3)31/h4-8,13-14,17-19,23,25,29H,9-12,15-16H2,1-3H3,(H,28,32)/t18?,19-,23?,25-/m0/s1. The highest BCUT2D eigenvalue weighted by Crippen LogP contribution is 2.34. The zero-order chi connectivity index (χ0) is 25.2. The van der Waals surface area contributed by atoms with Gasteiger partial charge in [0.1, 0.15) is 6.04 Å². The van der Waals surface area contributed by atoms with Gasteiger partial charge in [-0.15, -0.1) is 0 Å². The van der Waals surface area contributed by atoms with Crippen LogP contribution >= 0.6 is 0 Å². The Hall–Kier alpha value is -2.71. The number of fused-ring (bicyclic) bond motifs is 1. The van der Waals surface area contributed by atoms with Crippen molar-refractivity contribution in [1.29, 1.82) is 0 Å². The smallest absolute Gasteiger partial charge is 0.241 e. The first-order valence-corrected chi connectivity index (χ1v) is 13.9. The molecule has 1 aliphatic heterocycles. The summed E-state index contributed by atoms with van der Waals surface area (Å²) in [6.07, 6.45) is 4.79. The van der Waals surface area contributed by atoms with Gasteiger partial charge in [0.05, 0.1) is 4.90 Å². The Labute approximate surface area is 208 Å². The molecule has 2 aromatic rings. The second-order valence-electron chi connectivity index (χ2n) is 10.1. The van der Waals surface area contributed by atoms with E-state index in [-0.39, 0.29) is 35.2 Å². The quantitative estimate of drug-likeness (QED) is 0.611. The molecule has 8 heteroatoms. The van der Waals surface area contributed by atoms with Crippen LogP contribution in [0, 0.1) is 5.92 Å². The van der Waals surface area contributed by atoms with E-state index in [9.17, 15) is 18.0 Å². The van der Waals surface area contributed by atoms with Crippen molar-refractivity contribution < 1.29 is 18.0 Å². The topological polar surface area (TPSA) is 95.6 Å². The van der Waals surface area contributed by atoms with Crippen LogP contribution in [0.15, 0.2) is 53.4 Å². The number of benzene rings is 2. The third-order valence-electron chi connectivity index (χ3n) is 7.17. The zero-order valence-corrected chi connectivity index (χ0v) is 21.5. The van der Waals surface area contributed by atoms with Gasteiger partial charge in [-0.1, -0.05) is 37.3 Å². The normalized spacial score (nSPS) is 22.9. The number of rotatable bonds is 7. The van der Waals surface area contributed by atoms with Crippen LogP contribution in [0.25, 0.3) is 0 Å². The lowest BCUT2D eigenvalue weighted by Crippen LogP contribution is -2.51. The molecular formula is C27H35N3O4S. The first-order chi connectivity index (χ1) is 16.6. The van der Waals surface area contributed by atoms with E-state index in [1.165, 1.54) is 13.0 Å². The van der Waals surface area contributed by atoms with Crippen molar-refractivity contribution in [3.63, 3.8) is 0 Å². The van der Waals surface area contributed by atoms with Crippen molar-refractivity contribution in [1.82, 2.24) is 10.0 Å². The Morgan fingerprint density at radius 1 is 1.03 bits per heavy atom. The van der Waals surface area contributed by atoms with Crippen molar-refractivity contribution >= 4 is 27.5 Å². The fourth-order valence-electron chi connectivity index (χ4n) is 5.25. The molecule has 4 rings (SSSR count). The Bertz CT molecular complexity index is 1170. The summed E-state index contributed by atoms with van der Waals surface area (Å²) in [5.74, 6) is 0.291. The van der Waals surface area contributed by atoms with Gasteiger partial charge in [0.25, 0.3) is 0 Å². The largest absolute Gasteiger partial charge is 0.352 e. The van der Waals surface area contributed by atoms with Crippen molar-refractivity contribution in [3.05, 3.63) is 59.7 Å². The molecule has 2 amide bonds. The molecule has 1 fully saturated rings. The molecule has 1 heterocycles. The van der Waals surface area contributed by atoms with E-state index in [2.05, 4.69) is 17.0 Å². The van der Waals surface area contributed by atoms with Crippen LogP contribution in [-0.4, -0.2) is 38.4 Å². The van der Waals surface area contributed by atoms with E-state index in [1.54, 1.807) is 17.0 Å². The lowest BCUT2D eigenvalue weighted by Gasteiger charge is -2.29.